The summed E-state index contributed by atoms with van der Waals surface area (Å²) in [6.45, 7) is 2.08. The molecular formula is C15H13N3S. The fraction of sp³-hybridized carbons (Fsp3) is 0.0667. The number of hydrazone groups is 1. The topological polar surface area (TPSA) is 37.3 Å². The predicted molar refractivity (Wildman–Crippen MR) is 82.0 cm³/mol. The Bertz CT molecular complexity index is 731. The van der Waals surface area contributed by atoms with Gasteiger partial charge in [0.15, 0.2) is 0 Å². The van der Waals surface area contributed by atoms with Gasteiger partial charge < -0.3 is 0 Å². The molecule has 0 saturated carbocycles. The molecule has 0 spiro atoms. The summed E-state index contributed by atoms with van der Waals surface area (Å²) in [4.78, 5) is 6.90. The Hall–Kier alpha value is -2.20. The third kappa shape index (κ3) is 2.80. The van der Waals surface area contributed by atoms with Gasteiger partial charge in [-0.05, 0) is 37.3 Å². The molecule has 0 unspecified atom stereocenters. The zero-order valence-corrected chi connectivity index (χ0v) is 11.3. The molecule has 0 aliphatic carbocycles. The van der Waals surface area contributed by atoms with E-state index in [0.29, 0.717) is 0 Å². The maximum Gasteiger partial charge on any atom is 0.146 e. The first-order valence-electron chi connectivity index (χ1n) is 6.02. The van der Waals surface area contributed by atoms with Crippen LogP contribution >= 0.6 is 11.3 Å². The number of thiophene rings is 1. The van der Waals surface area contributed by atoms with E-state index >= 15 is 0 Å². The summed E-state index contributed by atoms with van der Waals surface area (Å²) in [5.41, 5.74) is 3.93. The van der Waals surface area contributed by atoms with Crippen LogP contribution in [0.1, 0.15) is 9.75 Å². The molecule has 0 atom stereocenters. The highest BCUT2D eigenvalue weighted by Gasteiger charge is 1.96. The van der Waals surface area contributed by atoms with Crippen LogP contribution in [0.15, 0.2) is 53.6 Å². The maximum absolute atomic E-state index is 4.49. The summed E-state index contributed by atoms with van der Waals surface area (Å²) >= 11 is 1.72. The first-order chi connectivity index (χ1) is 9.31. The number of nitrogens with one attached hydrogen (secondary N) is 1. The molecule has 0 aliphatic heterocycles. The van der Waals surface area contributed by atoms with Crippen LogP contribution in [-0.4, -0.2) is 11.2 Å². The quantitative estimate of drug-likeness (QED) is 0.574. The van der Waals surface area contributed by atoms with Crippen molar-refractivity contribution in [3.05, 3.63) is 58.3 Å². The van der Waals surface area contributed by atoms with Gasteiger partial charge in [-0.2, -0.15) is 5.10 Å². The lowest BCUT2D eigenvalue weighted by Crippen LogP contribution is -1.92. The number of hydrogen-bond acceptors (Lipinski definition) is 4. The van der Waals surface area contributed by atoms with E-state index in [4.69, 9.17) is 0 Å². The Morgan fingerprint density at radius 3 is 2.84 bits per heavy atom. The van der Waals surface area contributed by atoms with Crippen molar-refractivity contribution in [3.63, 3.8) is 0 Å². The molecule has 19 heavy (non-hydrogen) atoms. The Kier molecular flexibility index (Phi) is 3.25. The molecule has 2 heterocycles. The smallest absolute Gasteiger partial charge is 0.146 e. The largest absolute Gasteiger partial charge is 0.261 e. The van der Waals surface area contributed by atoms with Crippen molar-refractivity contribution < 1.29 is 0 Å². The third-order valence-electron chi connectivity index (χ3n) is 2.73. The zero-order valence-electron chi connectivity index (χ0n) is 10.5. The first-order valence-corrected chi connectivity index (χ1v) is 6.84. The monoisotopic (exact) mass is 267 g/mol. The number of fused-ring (bicyclic) bond motifs is 1. The molecule has 0 saturated heterocycles. The molecule has 0 fully saturated rings. The Morgan fingerprint density at radius 1 is 1.11 bits per heavy atom. The van der Waals surface area contributed by atoms with E-state index in [2.05, 4.69) is 34.6 Å². The molecule has 0 radical (unpaired) electrons. The molecule has 4 heteroatoms. The van der Waals surface area contributed by atoms with Crippen LogP contribution in [0.2, 0.25) is 0 Å². The second-order valence-corrected chi connectivity index (χ2v) is 5.53. The van der Waals surface area contributed by atoms with E-state index in [-0.39, 0.29) is 0 Å². The van der Waals surface area contributed by atoms with Gasteiger partial charge in [-0.25, -0.2) is 4.98 Å². The van der Waals surface area contributed by atoms with Crippen molar-refractivity contribution in [2.75, 3.05) is 5.43 Å². The van der Waals surface area contributed by atoms with Crippen molar-refractivity contribution in [3.8, 4) is 0 Å². The highest BCUT2D eigenvalue weighted by molar-refractivity contribution is 7.13. The SMILES string of the molecule is Cc1ccc(/C=N/Nc2ccc3ccccc3n2)s1. The summed E-state index contributed by atoms with van der Waals surface area (Å²) in [5.74, 6) is 0.753. The van der Waals surface area contributed by atoms with Gasteiger partial charge in [0.1, 0.15) is 5.82 Å². The molecular weight excluding hydrogens is 254 g/mol. The fourth-order valence-electron chi connectivity index (χ4n) is 1.81. The van der Waals surface area contributed by atoms with Crippen molar-refractivity contribution in [2.45, 2.75) is 6.92 Å². The number of hydrogen-bond donors (Lipinski definition) is 1. The van der Waals surface area contributed by atoms with Crippen molar-refractivity contribution >= 4 is 34.3 Å². The minimum absolute atomic E-state index is 0.753. The van der Waals surface area contributed by atoms with E-state index < -0.39 is 0 Å². The Labute approximate surface area is 115 Å². The van der Waals surface area contributed by atoms with Gasteiger partial charge in [-0.15, -0.1) is 11.3 Å². The van der Waals surface area contributed by atoms with Gasteiger partial charge >= 0.3 is 0 Å². The van der Waals surface area contributed by atoms with Crippen LogP contribution < -0.4 is 5.43 Å². The maximum atomic E-state index is 4.49. The minimum atomic E-state index is 0.753. The van der Waals surface area contributed by atoms with E-state index in [1.54, 1.807) is 11.3 Å². The third-order valence-corrected chi connectivity index (χ3v) is 3.67. The number of nitrogens with zero attached hydrogens (tertiary/aromatic N) is 2. The molecule has 3 rings (SSSR count). The predicted octanol–water partition coefficient (Wildman–Crippen LogP) is 4.05. The van der Waals surface area contributed by atoms with E-state index in [0.717, 1.165) is 21.6 Å². The molecule has 1 N–H and O–H groups in total. The second kappa shape index (κ2) is 5.20. The van der Waals surface area contributed by atoms with Crippen LogP contribution in [0.25, 0.3) is 10.9 Å². The van der Waals surface area contributed by atoms with Gasteiger partial charge in [-0.3, -0.25) is 5.43 Å². The number of aromatic nitrogens is 1. The van der Waals surface area contributed by atoms with Crippen LogP contribution in [-0.2, 0) is 0 Å². The Balaban J connectivity index is 1.76. The van der Waals surface area contributed by atoms with Gasteiger partial charge in [-0.1, -0.05) is 18.2 Å². The molecule has 94 valence electrons. The van der Waals surface area contributed by atoms with Crippen LogP contribution in [0.3, 0.4) is 0 Å². The number of pyridine rings is 1. The van der Waals surface area contributed by atoms with Crippen LogP contribution in [0, 0.1) is 6.92 Å². The van der Waals surface area contributed by atoms with Crippen LogP contribution in [0.4, 0.5) is 5.82 Å². The second-order valence-electron chi connectivity index (χ2n) is 4.21. The molecule has 0 aliphatic rings. The summed E-state index contributed by atoms with van der Waals surface area (Å²) < 4.78 is 0. The van der Waals surface area contributed by atoms with E-state index in [1.165, 1.54) is 4.88 Å². The lowest BCUT2D eigenvalue weighted by atomic mass is 10.2. The van der Waals surface area contributed by atoms with Gasteiger partial charge in [0.05, 0.1) is 11.7 Å². The number of rotatable bonds is 3. The number of anilines is 1. The normalized spacial score (nSPS) is 11.2. The zero-order chi connectivity index (χ0) is 13.1. The highest BCUT2D eigenvalue weighted by Crippen LogP contribution is 2.15. The fourth-order valence-corrected chi connectivity index (χ4v) is 2.56. The number of benzene rings is 1. The first kappa shape index (κ1) is 11.9. The van der Waals surface area contributed by atoms with Crippen molar-refractivity contribution in [2.24, 2.45) is 5.10 Å². The molecule has 2 aromatic heterocycles. The summed E-state index contributed by atoms with van der Waals surface area (Å²) in [6.07, 6.45) is 1.81. The van der Waals surface area contributed by atoms with Crippen LogP contribution in [0.5, 0.6) is 0 Å². The summed E-state index contributed by atoms with van der Waals surface area (Å²) in [5, 5.41) is 5.34. The number of para-hydroxylation sites is 1. The Morgan fingerprint density at radius 2 is 2.00 bits per heavy atom. The highest BCUT2D eigenvalue weighted by atomic mass is 32.1. The molecule has 3 aromatic rings. The van der Waals surface area contributed by atoms with E-state index in [9.17, 15) is 0 Å². The number of aryl methyl sites for hydroxylation is 1. The standard InChI is InChI=1S/C15H13N3S/c1-11-6-8-13(19-11)10-16-18-15-9-7-12-4-2-3-5-14(12)17-15/h2-10H,1H3,(H,17,18)/b16-10+. The van der Waals surface area contributed by atoms with Gasteiger partial charge in [0.2, 0.25) is 0 Å². The summed E-state index contributed by atoms with van der Waals surface area (Å²) in [7, 11) is 0. The lowest BCUT2D eigenvalue weighted by molar-refractivity contribution is 1.27. The average molecular weight is 267 g/mol. The average Bonchev–Trinajstić information content (AvgIpc) is 2.84. The minimum Gasteiger partial charge on any atom is -0.261 e. The molecule has 0 bridgehead atoms. The molecule has 1 aromatic carbocycles. The van der Waals surface area contributed by atoms with Crippen molar-refractivity contribution in [1.82, 2.24) is 4.98 Å². The van der Waals surface area contributed by atoms with Gasteiger partial charge in [0.25, 0.3) is 0 Å². The molecule has 3 nitrogen and oxygen atoms in total. The molecule has 0 amide bonds. The van der Waals surface area contributed by atoms with E-state index in [1.807, 2.05) is 42.6 Å². The summed E-state index contributed by atoms with van der Waals surface area (Å²) in [6, 6.07) is 16.1. The lowest BCUT2D eigenvalue weighted by Gasteiger charge is -2.01. The van der Waals surface area contributed by atoms with Gasteiger partial charge in [0, 0.05) is 15.1 Å². The van der Waals surface area contributed by atoms with Crippen molar-refractivity contribution in [1.29, 1.82) is 0 Å².